The first-order chi connectivity index (χ1) is 11.8. The lowest BCUT2D eigenvalue weighted by Gasteiger charge is -2.16. The molecule has 24 heavy (non-hydrogen) atoms. The van der Waals surface area contributed by atoms with Crippen LogP contribution in [0.15, 0.2) is 29.4 Å². The Kier molecular flexibility index (Phi) is 4.51. The van der Waals surface area contributed by atoms with Crippen molar-refractivity contribution < 1.29 is 4.79 Å². The van der Waals surface area contributed by atoms with E-state index in [0.29, 0.717) is 11.7 Å². The second-order valence-corrected chi connectivity index (χ2v) is 7.51. The number of carbonyl (C=O) groups excluding carboxylic acids is 1. The molecule has 1 aliphatic heterocycles. The number of aromatic nitrogens is 4. The zero-order chi connectivity index (χ0) is 16.4. The molecule has 1 N–H and O–H groups in total. The molecule has 0 bridgehead atoms. The fourth-order valence-corrected chi connectivity index (χ4v) is 3.85. The van der Waals surface area contributed by atoms with Gasteiger partial charge in [0.2, 0.25) is 5.91 Å². The van der Waals surface area contributed by atoms with Gasteiger partial charge in [0.15, 0.2) is 0 Å². The van der Waals surface area contributed by atoms with E-state index in [1.807, 2.05) is 12.1 Å². The van der Waals surface area contributed by atoms with Crippen LogP contribution in [0.1, 0.15) is 43.3 Å². The van der Waals surface area contributed by atoms with Crippen LogP contribution in [0.4, 0.5) is 0 Å². The van der Waals surface area contributed by atoms with Gasteiger partial charge in [-0.15, -0.1) is 22.0 Å². The van der Waals surface area contributed by atoms with E-state index in [1.165, 1.54) is 12.8 Å². The van der Waals surface area contributed by atoms with Crippen LogP contribution in [-0.4, -0.2) is 37.5 Å². The molecular weight excluding hydrogens is 322 g/mol. The molecule has 2 aliphatic rings. The number of pyridine rings is 1. The lowest BCUT2D eigenvalue weighted by Crippen LogP contribution is -2.36. The standard InChI is InChI=1S/C17H21N5OS/c23-16(11-24-14-5-8-18-9-6-14)19-13-3-4-15-20-21-17(12-1-2-12)22(15)10-7-13/h5-6,8-9,12-13H,1-4,7,10-11H2,(H,19,23). The van der Waals surface area contributed by atoms with Gasteiger partial charge in [-0.1, -0.05) is 0 Å². The molecule has 1 aliphatic carbocycles. The number of carbonyl (C=O) groups is 1. The molecule has 0 aromatic carbocycles. The minimum absolute atomic E-state index is 0.0990. The summed E-state index contributed by atoms with van der Waals surface area (Å²) in [6, 6.07) is 4.08. The first kappa shape index (κ1) is 15.6. The van der Waals surface area contributed by atoms with E-state index < -0.39 is 0 Å². The van der Waals surface area contributed by atoms with E-state index in [-0.39, 0.29) is 11.9 Å². The molecule has 1 fully saturated rings. The Morgan fingerprint density at radius 2 is 2.04 bits per heavy atom. The van der Waals surface area contributed by atoms with Crippen LogP contribution >= 0.6 is 11.8 Å². The molecule has 1 amide bonds. The van der Waals surface area contributed by atoms with Gasteiger partial charge in [0.05, 0.1) is 5.75 Å². The highest BCUT2D eigenvalue weighted by atomic mass is 32.2. The van der Waals surface area contributed by atoms with Gasteiger partial charge in [-0.25, -0.2) is 0 Å². The average molecular weight is 343 g/mol. The molecule has 0 spiro atoms. The van der Waals surface area contributed by atoms with Crippen LogP contribution < -0.4 is 5.32 Å². The molecule has 4 rings (SSSR count). The number of amides is 1. The van der Waals surface area contributed by atoms with Gasteiger partial charge in [-0.2, -0.15) is 0 Å². The number of hydrogen-bond donors (Lipinski definition) is 1. The Morgan fingerprint density at radius 1 is 1.21 bits per heavy atom. The van der Waals surface area contributed by atoms with Crippen LogP contribution in [0.2, 0.25) is 0 Å². The predicted molar refractivity (Wildman–Crippen MR) is 91.8 cm³/mol. The molecule has 0 radical (unpaired) electrons. The van der Waals surface area contributed by atoms with Crippen LogP contribution in [0, 0.1) is 0 Å². The van der Waals surface area contributed by atoms with Crippen molar-refractivity contribution in [2.24, 2.45) is 0 Å². The SMILES string of the molecule is O=C(CSc1ccncc1)NC1CCc2nnc(C3CC3)n2CC1. The molecule has 0 saturated heterocycles. The van der Waals surface area contributed by atoms with E-state index in [1.54, 1.807) is 24.2 Å². The van der Waals surface area contributed by atoms with E-state index in [9.17, 15) is 4.79 Å². The lowest BCUT2D eigenvalue weighted by molar-refractivity contribution is -0.119. The molecule has 2 aromatic rings. The van der Waals surface area contributed by atoms with Crippen LogP contribution in [-0.2, 0) is 17.8 Å². The van der Waals surface area contributed by atoms with Crippen molar-refractivity contribution in [1.29, 1.82) is 0 Å². The third kappa shape index (κ3) is 3.61. The zero-order valence-electron chi connectivity index (χ0n) is 13.5. The average Bonchev–Trinajstić information content (AvgIpc) is 3.40. The highest BCUT2D eigenvalue weighted by molar-refractivity contribution is 8.00. The first-order valence-corrected chi connectivity index (χ1v) is 9.52. The van der Waals surface area contributed by atoms with Crippen LogP contribution in [0.3, 0.4) is 0 Å². The number of thioether (sulfide) groups is 1. The Labute approximate surface area is 145 Å². The Bertz CT molecular complexity index is 713. The molecule has 6 nitrogen and oxygen atoms in total. The fraction of sp³-hybridized carbons (Fsp3) is 0.529. The highest BCUT2D eigenvalue weighted by Crippen LogP contribution is 2.39. The third-order valence-electron chi connectivity index (χ3n) is 4.60. The second-order valence-electron chi connectivity index (χ2n) is 6.46. The van der Waals surface area contributed by atoms with E-state index in [0.717, 1.165) is 42.4 Å². The second kappa shape index (κ2) is 6.93. The van der Waals surface area contributed by atoms with Crippen LogP contribution in [0.5, 0.6) is 0 Å². The molecule has 3 heterocycles. The Hall–Kier alpha value is -1.89. The summed E-state index contributed by atoms with van der Waals surface area (Å²) in [5, 5.41) is 11.9. The minimum Gasteiger partial charge on any atom is -0.353 e. The van der Waals surface area contributed by atoms with Crippen molar-refractivity contribution in [2.75, 3.05) is 5.75 Å². The maximum absolute atomic E-state index is 12.2. The minimum atomic E-state index is 0.0990. The first-order valence-electron chi connectivity index (χ1n) is 8.54. The van der Waals surface area contributed by atoms with Gasteiger partial charge >= 0.3 is 0 Å². The molecule has 1 unspecified atom stereocenters. The number of fused-ring (bicyclic) bond motifs is 1. The summed E-state index contributed by atoms with van der Waals surface area (Å²) in [5.74, 6) is 3.40. The maximum atomic E-state index is 12.2. The number of aryl methyl sites for hydroxylation is 1. The van der Waals surface area contributed by atoms with E-state index >= 15 is 0 Å². The van der Waals surface area contributed by atoms with Gasteiger partial charge in [0, 0.05) is 42.2 Å². The van der Waals surface area contributed by atoms with Gasteiger partial charge < -0.3 is 9.88 Å². The topological polar surface area (TPSA) is 72.7 Å². The van der Waals surface area contributed by atoms with Crippen molar-refractivity contribution in [1.82, 2.24) is 25.1 Å². The lowest BCUT2D eigenvalue weighted by atomic mass is 10.1. The summed E-state index contributed by atoms with van der Waals surface area (Å²) < 4.78 is 2.29. The van der Waals surface area contributed by atoms with Gasteiger partial charge in [-0.05, 0) is 37.8 Å². The summed E-state index contributed by atoms with van der Waals surface area (Å²) in [4.78, 5) is 17.3. The predicted octanol–water partition coefficient (Wildman–Crippen LogP) is 2.16. The number of rotatable bonds is 5. The largest absolute Gasteiger partial charge is 0.353 e. The molecule has 7 heteroatoms. The highest BCUT2D eigenvalue weighted by Gasteiger charge is 2.31. The van der Waals surface area contributed by atoms with Crippen LogP contribution in [0.25, 0.3) is 0 Å². The molecule has 1 saturated carbocycles. The van der Waals surface area contributed by atoms with Gasteiger partial charge in [0.25, 0.3) is 0 Å². The normalized spacial score (nSPS) is 20.2. The van der Waals surface area contributed by atoms with Crippen molar-refractivity contribution >= 4 is 17.7 Å². The van der Waals surface area contributed by atoms with Crippen molar-refractivity contribution in [3.8, 4) is 0 Å². The third-order valence-corrected chi connectivity index (χ3v) is 5.61. The fourth-order valence-electron chi connectivity index (χ4n) is 3.15. The Balaban J connectivity index is 1.29. The van der Waals surface area contributed by atoms with Gasteiger partial charge in [0.1, 0.15) is 11.6 Å². The molecule has 1 atom stereocenters. The van der Waals surface area contributed by atoms with Crippen molar-refractivity contribution in [3.63, 3.8) is 0 Å². The maximum Gasteiger partial charge on any atom is 0.230 e. The molecule has 2 aromatic heterocycles. The number of nitrogens with zero attached hydrogens (tertiary/aromatic N) is 4. The summed E-state index contributed by atoms with van der Waals surface area (Å²) >= 11 is 1.55. The molecular formula is C17H21N5OS. The van der Waals surface area contributed by atoms with E-state index in [4.69, 9.17) is 0 Å². The summed E-state index contributed by atoms with van der Waals surface area (Å²) in [7, 11) is 0. The Morgan fingerprint density at radius 3 is 2.83 bits per heavy atom. The van der Waals surface area contributed by atoms with Gasteiger partial charge in [-0.3, -0.25) is 9.78 Å². The summed E-state index contributed by atoms with van der Waals surface area (Å²) in [5.41, 5.74) is 0. The smallest absolute Gasteiger partial charge is 0.230 e. The van der Waals surface area contributed by atoms with E-state index in [2.05, 4.69) is 25.1 Å². The van der Waals surface area contributed by atoms with Crippen molar-refractivity contribution in [2.45, 2.75) is 55.5 Å². The summed E-state index contributed by atoms with van der Waals surface area (Å²) in [6.45, 7) is 0.913. The zero-order valence-corrected chi connectivity index (χ0v) is 14.3. The monoisotopic (exact) mass is 343 g/mol. The number of nitrogens with one attached hydrogen (secondary N) is 1. The van der Waals surface area contributed by atoms with Crippen molar-refractivity contribution in [3.05, 3.63) is 36.2 Å². The summed E-state index contributed by atoms with van der Waals surface area (Å²) in [6.07, 6.45) is 8.76. The molecule has 126 valence electrons. The number of hydrogen-bond acceptors (Lipinski definition) is 5. The quantitative estimate of drug-likeness (QED) is 0.842.